The predicted molar refractivity (Wildman–Crippen MR) is 121 cm³/mol. The molecule has 1 aliphatic rings. The zero-order valence-electron chi connectivity index (χ0n) is 18.5. The molecule has 0 spiro atoms. The molecule has 0 aliphatic carbocycles. The summed E-state index contributed by atoms with van der Waals surface area (Å²) in [5, 5.41) is 9.49. The van der Waals surface area contributed by atoms with Gasteiger partial charge in [0, 0.05) is 32.7 Å². The van der Waals surface area contributed by atoms with E-state index in [0.717, 1.165) is 36.3 Å². The van der Waals surface area contributed by atoms with Crippen LogP contribution in [0.5, 0.6) is 0 Å². The summed E-state index contributed by atoms with van der Waals surface area (Å²) >= 11 is 1.50. The van der Waals surface area contributed by atoms with Gasteiger partial charge >= 0.3 is 0 Å². The van der Waals surface area contributed by atoms with Gasteiger partial charge in [0.15, 0.2) is 5.16 Å². The number of likely N-dealkylation sites (N-methyl/N-ethyl adjacent to an activating group) is 1. The Morgan fingerprint density at radius 2 is 1.80 bits per heavy atom. The average molecular weight is 432 g/mol. The van der Waals surface area contributed by atoms with Gasteiger partial charge in [-0.25, -0.2) is 0 Å². The van der Waals surface area contributed by atoms with Crippen LogP contribution < -0.4 is 4.90 Å². The average Bonchev–Trinajstić information content (AvgIpc) is 3.15. The van der Waals surface area contributed by atoms with Crippen molar-refractivity contribution in [3.05, 3.63) is 35.9 Å². The highest BCUT2D eigenvalue weighted by molar-refractivity contribution is 8.00. The highest BCUT2D eigenvalue weighted by atomic mass is 32.2. The summed E-state index contributed by atoms with van der Waals surface area (Å²) in [6, 6.07) is 9.98. The molecular weight excluding hydrogens is 398 g/mol. The Morgan fingerprint density at radius 3 is 2.40 bits per heavy atom. The van der Waals surface area contributed by atoms with Crippen LogP contribution in [0.3, 0.4) is 0 Å². The summed E-state index contributed by atoms with van der Waals surface area (Å²) in [4.78, 5) is 17.5. The highest BCUT2D eigenvalue weighted by Gasteiger charge is 2.29. The minimum Gasteiger partial charge on any atom is -0.378 e. The lowest BCUT2D eigenvalue weighted by Gasteiger charge is -2.29. The van der Waals surface area contributed by atoms with E-state index < -0.39 is 0 Å². The van der Waals surface area contributed by atoms with Gasteiger partial charge in [-0.2, -0.15) is 0 Å². The van der Waals surface area contributed by atoms with Crippen LogP contribution >= 0.6 is 11.8 Å². The zero-order valence-corrected chi connectivity index (χ0v) is 19.3. The van der Waals surface area contributed by atoms with Crippen molar-refractivity contribution in [3.8, 4) is 0 Å². The van der Waals surface area contributed by atoms with Crippen LogP contribution in [0.2, 0.25) is 0 Å². The van der Waals surface area contributed by atoms with E-state index >= 15 is 0 Å². The summed E-state index contributed by atoms with van der Waals surface area (Å²) in [5.41, 5.74) is 0.992. The molecule has 7 nitrogen and oxygen atoms in total. The van der Waals surface area contributed by atoms with Gasteiger partial charge in [-0.15, -0.1) is 10.2 Å². The van der Waals surface area contributed by atoms with Crippen molar-refractivity contribution in [3.63, 3.8) is 0 Å². The summed E-state index contributed by atoms with van der Waals surface area (Å²) in [7, 11) is 0. The molecule has 1 amide bonds. The van der Waals surface area contributed by atoms with Gasteiger partial charge in [0.1, 0.15) is 5.25 Å². The molecule has 0 saturated carbocycles. The van der Waals surface area contributed by atoms with Crippen molar-refractivity contribution in [1.82, 2.24) is 19.7 Å². The third-order valence-corrected chi connectivity index (χ3v) is 6.39. The molecule has 30 heavy (non-hydrogen) atoms. The fraction of sp³-hybridized carbons (Fsp3) is 0.591. The van der Waals surface area contributed by atoms with E-state index in [1.165, 1.54) is 11.8 Å². The number of aromatic nitrogens is 3. The van der Waals surface area contributed by atoms with Crippen molar-refractivity contribution >= 4 is 23.6 Å². The molecule has 1 aromatic carbocycles. The Bertz CT molecular complexity index is 801. The Kier molecular flexibility index (Phi) is 8.16. The van der Waals surface area contributed by atoms with Crippen LogP contribution in [-0.4, -0.2) is 65.0 Å². The van der Waals surface area contributed by atoms with Gasteiger partial charge < -0.3 is 14.5 Å². The van der Waals surface area contributed by atoms with Crippen LogP contribution in [0.15, 0.2) is 35.5 Å². The Hall–Kier alpha value is -2.06. The molecular formula is C22H33N5O2S. The van der Waals surface area contributed by atoms with Gasteiger partial charge in [-0.05, 0) is 25.3 Å². The molecule has 1 aromatic heterocycles. The maximum atomic E-state index is 13.4. The number of carbonyl (C=O) groups excluding carboxylic acids is 1. The summed E-state index contributed by atoms with van der Waals surface area (Å²) in [6.45, 7) is 13.6. The van der Waals surface area contributed by atoms with Crippen molar-refractivity contribution in [2.45, 2.75) is 44.6 Å². The third-order valence-electron chi connectivity index (χ3n) is 5.16. The fourth-order valence-corrected chi connectivity index (χ4v) is 4.71. The number of ether oxygens (including phenoxy) is 1. The highest BCUT2D eigenvalue weighted by Crippen LogP contribution is 2.37. The normalized spacial score (nSPS) is 15.4. The molecule has 164 valence electrons. The molecule has 1 aliphatic heterocycles. The molecule has 2 heterocycles. The number of rotatable bonds is 9. The van der Waals surface area contributed by atoms with Gasteiger partial charge in [0.2, 0.25) is 11.9 Å². The van der Waals surface area contributed by atoms with E-state index in [1.807, 2.05) is 49.1 Å². The van der Waals surface area contributed by atoms with Crippen LogP contribution in [0.25, 0.3) is 0 Å². The zero-order chi connectivity index (χ0) is 21.5. The number of anilines is 1. The molecule has 1 unspecified atom stereocenters. The largest absolute Gasteiger partial charge is 0.378 e. The summed E-state index contributed by atoms with van der Waals surface area (Å²) in [5.74, 6) is 1.42. The first-order valence-corrected chi connectivity index (χ1v) is 11.7. The van der Waals surface area contributed by atoms with Crippen LogP contribution in [0.4, 0.5) is 5.95 Å². The maximum Gasteiger partial charge on any atom is 0.240 e. The number of morpholine rings is 1. The van der Waals surface area contributed by atoms with Gasteiger partial charge in [0.05, 0.1) is 13.2 Å². The van der Waals surface area contributed by atoms with Crippen LogP contribution in [0.1, 0.15) is 38.5 Å². The topological polar surface area (TPSA) is 63.5 Å². The SMILES string of the molecule is CCN(CC)C(=O)C(Sc1nnc(N2CCOCC2)n1CC(C)C)c1ccccc1. The van der Waals surface area contributed by atoms with Gasteiger partial charge in [0.25, 0.3) is 0 Å². The van der Waals surface area contributed by atoms with Crippen LogP contribution in [0, 0.1) is 5.92 Å². The van der Waals surface area contributed by atoms with E-state index in [1.54, 1.807) is 0 Å². The van der Waals surface area contributed by atoms with E-state index in [4.69, 9.17) is 4.74 Å². The number of thioether (sulfide) groups is 1. The molecule has 1 fully saturated rings. The summed E-state index contributed by atoms with van der Waals surface area (Å²) in [6.07, 6.45) is 0. The van der Waals surface area contributed by atoms with E-state index in [0.29, 0.717) is 32.2 Å². The third kappa shape index (κ3) is 5.35. The summed E-state index contributed by atoms with van der Waals surface area (Å²) < 4.78 is 7.67. The number of benzene rings is 1. The number of amides is 1. The van der Waals surface area contributed by atoms with Crippen molar-refractivity contribution in [1.29, 1.82) is 0 Å². The molecule has 0 bridgehead atoms. The number of hydrogen-bond acceptors (Lipinski definition) is 6. The molecule has 0 N–H and O–H groups in total. The minimum absolute atomic E-state index is 0.114. The Morgan fingerprint density at radius 1 is 1.13 bits per heavy atom. The monoisotopic (exact) mass is 431 g/mol. The molecule has 1 saturated heterocycles. The van der Waals surface area contributed by atoms with Gasteiger partial charge in [-0.3, -0.25) is 9.36 Å². The van der Waals surface area contributed by atoms with E-state index in [-0.39, 0.29) is 11.2 Å². The Balaban J connectivity index is 1.95. The number of hydrogen-bond donors (Lipinski definition) is 0. The smallest absolute Gasteiger partial charge is 0.240 e. The van der Waals surface area contributed by atoms with Crippen molar-refractivity contribution in [2.75, 3.05) is 44.3 Å². The predicted octanol–water partition coefficient (Wildman–Crippen LogP) is 3.47. The first-order chi connectivity index (χ1) is 14.5. The first kappa shape index (κ1) is 22.6. The lowest BCUT2D eigenvalue weighted by molar-refractivity contribution is -0.130. The van der Waals surface area contributed by atoms with Crippen LogP contribution in [-0.2, 0) is 16.1 Å². The molecule has 2 aromatic rings. The van der Waals surface area contributed by atoms with Crippen molar-refractivity contribution in [2.24, 2.45) is 5.92 Å². The quantitative estimate of drug-likeness (QED) is 0.567. The minimum atomic E-state index is -0.348. The second-order valence-electron chi connectivity index (χ2n) is 7.81. The van der Waals surface area contributed by atoms with E-state index in [9.17, 15) is 4.79 Å². The number of carbonyl (C=O) groups is 1. The second kappa shape index (κ2) is 10.8. The standard InChI is InChI=1S/C22H33N5O2S/c1-5-25(6-2)20(28)19(18-10-8-7-9-11-18)30-22-24-23-21(27(22)16-17(3)4)26-12-14-29-15-13-26/h7-11,17,19H,5-6,12-16H2,1-4H3. The lowest BCUT2D eigenvalue weighted by atomic mass is 10.1. The fourth-order valence-electron chi connectivity index (χ4n) is 3.59. The molecule has 8 heteroatoms. The molecule has 1 atom stereocenters. The molecule has 0 radical (unpaired) electrons. The number of nitrogens with zero attached hydrogens (tertiary/aromatic N) is 5. The van der Waals surface area contributed by atoms with Crippen molar-refractivity contribution < 1.29 is 9.53 Å². The van der Waals surface area contributed by atoms with E-state index in [2.05, 4.69) is 33.5 Å². The van der Waals surface area contributed by atoms with Gasteiger partial charge in [-0.1, -0.05) is 55.9 Å². The molecule has 3 rings (SSSR count). The maximum absolute atomic E-state index is 13.4. The second-order valence-corrected chi connectivity index (χ2v) is 8.88. The Labute approximate surface area is 183 Å². The lowest BCUT2D eigenvalue weighted by Crippen LogP contribution is -2.38. The first-order valence-electron chi connectivity index (χ1n) is 10.8.